The molecule has 4 rings (SSSR count). The van der Waals surface area contributed by atoms with Gasteiger partial charge in [0.1, 0.15) is 22.4 Å². The number of halogens is 3. The van der Waals surface area contributed by atoms with E-state index in [1.807, 2.05) is 12.1 Å². The molecule has 2 nitrogen and oxygen atoms in total. The third-order valence-corrected chi connectivity index (χ3v) is 7.05. The fourth-order valence-electron chi connectivity index (χ4n) is 4.80. The van der Waals surface area contributed by atoms with Crippen molar-refractivity contribution in [2.75, 3.05) is 0 Å². The molecule has 0 heterocycles. The Morgan fingerprint density at radius 3 is 2.18 bits per heavy atom. The maximum atomic E-state index is 13.6. The first-order chi connectivity index (χ1) is 15.9. The second-order valence-corrected chi connectivity index (χ2v) is 9.36. The Kier molecular flexibility index (Phi) is 7.44. The summed E-state index contributed by atoms with van der Waals surface area (Å²) in [5.74, 6) is -1.02. The Labute approximate surface area is 198 Å². The zero-order chi connectivity index (χ0) is 23.4. The van der Waals surface area contributed by atoms with Gasteiger partial charge in [-0.3, -0.25) is 0 Å². The van der Waals surface area contributed by atoms with E-state index in [1.54, 1.807) is 12.1 Å². The van der Waals surface area contributed by atoms with E-state index in [4.69, 9.17) is 16.3 Å². The van der Waals surface area contributed by atoms with E-state index in [2.05, 4.69) is 37.3 Å². The van der Waals surface area contributed by atoms with Crippen molar-refractivity contribution in [2.45, 2.75) is 50.9 Å². The third kappa shape index (κ3) is 5.80. The standard InChI is InChI=1S/C28H27ClF2O2/c1-18(20-5-3-2-4-6-20)15-19-7-9-21(10-8-19)22-11-13-23(14-12-22)28(32)33-24-16-25(30)27(29)26(31)17-24/h2-6,11-14,16-19,21H,7-10,15H2,1H3/t18-,19?,21?/m0/s1. The third-order valence-electron chi connectivity index (χ3n) is 6.69. The normalized spacial score (nSPS) is 19.2. The SMILES string of the molecule is C[C@@H](CC1CCC(c2ccc(C(=O)Oc3cc(F)c(Cl)c(F)c3)cc2)CC1)c1ccccc1. The van der Waals surface area contributed by atoms with E-state index in [9.17, 15) is 13.6 Å². The van der Waals surface area contributed by atoms with E-state index in [0.29, 0.717) is 17.4 Å². The molecule has 3 aromatic carbocycles. The summed E-state index contributed by atoms with van der Waals surface area (Å²) in [7, 11) is 0. The Morgan fingerprint density at radius 1 is 0.970 bits per heavy atom. The lowest BCUT2D eigenvalue weighted by Gasteiger charge is -2.30. The van der Waals surface area contributed by atoms with E-state index in [1.165, 1.54) is 30.4 Å². The molecule has 1 aliphatic carbocycles. The van der Waals surface area contributed by atoms with E-state index in [0.717, 1.165) is 30.9 Å². The van der Waals surface area contributed by atoms with Gasteiger partial charge in [0.15, 0.2) is 0 Å². The molecular formula is C28H27ClF2O2. The molecule has 3 aromatic rings. The molecule has 0 aliphatic heterocycles. The number of carbonyl (C=O) groups is 1. The van der Waals surface area contributed by atoms with Gasteiger partial charge in [-0.15, -0.1) is 0 Å². The van der Waals surface area contributed by atoms with Crippen molar-refractivity contribution in [3.8, 4) is 5.75 Å². The van der Waals surface area contributed by atoms with Crippen molar-refractivity contribution in [3.63, 3.8) is 0 Å². The predicted octanol–water partition coefficient (Wildman–Crippen LogP) is 8.31. The molecule has 5 heteroatoms. The first-order valence-corrected chi connectivity index (χ1v) is 11.8. The molecular weight excluding hydrogens is 442 g/mol. The van der Waals surface area contributed by atoms with Crippen LogP contribution in [0, 0.1) is 17.6 Å². The molecule has 0 spiro atoms. The molecule has 0 saturated heterocycles. The highest BCUT2D eigenvalue weighted by Crippen LogP contribution is 2.39. The van der Waals surface area contributed by atoms with Gasteiger partial charge in [0.25, 0.3) is 0 Å². The maximum Gasteiger partial charge on any atom is 0.343 e. The molecule has 1 fully saturated rings. The van der Waals surface area contributed by atoms with Crippen molar-refractivity contribution in [1.82, 2.24) is 0 Å². The lowest BCUT2D eigenvalue weighted by atomic mass is 9.75. The molecule has 0 amide bonds. The molecule has 0 N–H and O–H groups in total. The van der Waals surface area contributed by atoms with Gasteiger partial charge in [-0.25, -0.2) is 13.6 Å². The minimum absolute atomic E-state index is 0.216. The van der Waals surface area contributed by atoms with Crippen molar-refractivity contribution in [3.05, 3.63) is 100 Å². The lowest BCUT2D eigenvalue weighted by molar-refractivity contribution is 0.0734. The van der Waals surface area contributed by atoms with Crippen LogP contribution in [0.1, 0.15) is 72.3 Å². The summed E-state index contributed by atoms with van der Waals surface area (Å²) in [5.41, 5.74) is 2.95. The van der Waals surface area contributed by atoms with Gasteiger partial charge >= 0.3 is 5.97 Å². The first-order valence-electron chi connectivity index (χ1n) is 11.4. The molecule has 0 unspecified atom stereocenters. The highest BCUT2D eigenvalue weighted by atomic mass is 35.5. The van der Waals surface area contributed by atoms with Gasteiger partial charge in [-0.2, -0.15) is 0 Å². The maximum absolute atomic E-state index is 13.6. The molecule has 0 radical (unpaired) electrons. The highest BCUT2D eigenvalue weighted by Gasteiger charge is 2.24. The van der Waals surface area contributed by atoms with Gasteiger partial charge in [-0.1, -0.05) is 61.0 Å². The molecule has 1 saturated carbocycles. The van der Waals surface area contributed by atoms with Crippen molar-refractivity contribution < 1.29 is 18.3 Å². The summed E-state index contributed by atoms with van der Waals surface area (Å²) in [6.07, 6.45) is 5.91. The summed E-state index contributed by atoms with van der Waals surface area (Å²) < 4.78 is 32.3. The number of hydrogen-bond acceptors (Lipinski definition) is 2. The van der Waals surface area contributed by atoms with Crippen LogP contribution in [0.25, 0.3) is 0 Å². The average Bonchev–Trinajstić information content (AvgIpc) is 2.83. The molecule has 1 atom stereocenters. The summed E-state index contributed by atoms with van der Waals surface area (Å²) in [5, 5.41) is -0.622. The second-order valence-electron chi connectivity index (χ2n) is 8.98. The van der Waals surface area contributed by atoms with Crippen LogP contribution in [0.2, 0.25) is 5.02 Å². The number of rotatable bonds is 6. The van der Waals surface area contributed by atoms with Crippen molar-refractivity contribution >= 4 is 17.6 Å². The Balaban J connectivity index is 1.31. The predicted molar refractivity (Wildman–Crippen MR) is 127 cm³/mol. The summed E-state index contributed by atoms with van der Waals surface area (Å²) >= 11 is 5.47. The summed E-state index contributed by atoms with van der Waals surface area (Å²) in [6, 6.07) is 19.8. The molecule has 33 heavy (non-hydrogen) atoms. The van der Waals surface area contributed by atoms with E-state index >= 15 is 0 Å². The van der Waals surface area contributed by atoms with Crippen molar-refractivity contribution in [2.24, 2.45) is 5.92 Å². The number of carbonyl (C=O) groups excluding carboxylic acids is 1. The number of benzene rings is 3. The zero-order valence-electron chi connectivity index (χ0n) is 18.6. The minimum Gasteiger partial charge on any atom is -0.423 e. The Morgan fingerprint density at radius 2 is 1.58 bits per heavy atom. The second kappa shape index (κ2) is 10.5. The lowest BCUT2D eigenvalue weighted by Crippen LogP contribution is -2.15. The van der Waals surface area contributed by atoms with E-state index in [-0.39, 0.29) is 5.75 Å². The first kappa shape index (κ1) is 23.4. The average molecular weight is 469 g/mol. The van der Waals surface area contributed by atoms with Crippen LogP contribution in [-0.4, -0.2) is 5.97 Å². The van der Waals surface area contributed by atoms with Gasteiger partial charge in [-0.05, 0) is 73.1 Å². The Hall–Kier alpha value is -2.72. The van der Waals surface area contributed by atoms with Crippen LogP contribution in [0.15, 0.2) is 66.7 Å². The van der Waals surface area contributed by atoms with Crippen LogP contribution in [0.3, 0.4) is 0 Å². The number of esters is 1. The molecule has 0 bridgehead atoms. The fourth-order valence-corrected chi connectivity index (χ4v) is 4.91. The Bertz CT molecular complexity index is 1070. The topological polar surface area (TPSA) is 26.3 Å². The molecule has 172 valence electrons. The minimum atomic E-state index is -0.969. The van der Waals surface area contributed by atoms with Crippen LogP contribution in [-0.2, 0) is 0 Å². The van der Waals surface area contributed by atoms with Gasteiger partial charge in [0.2, 0.25) is 0 Å². The quantitative estimate of drug-likeness (QED) is 0.206. The smallest absolute Gasteiger partial charge is 0.343 e. The number of hydrogen-bond donors (Lipinski definition) is 0. The monoisotopic (exact) mass is 468 g/mol. The zero-order valence-corrected chi connectivity index (χ0v) is 19.3. The van der Waals surface area contributed by atoms with Crippen LogP contribution >= 0.6 is 11.6 Å². The van der Waals surface area contributed by atoms with E-state index < -0.39 is 22.6 Å². The fraction of sp³-hybridized carbons (Fsp3) is 0.321. The van der Waals surface area contributed by atoms with Gasteiger partial charge in [0.05, 0.1) is 5.56 Å². The van der Waals surface area contributed by atoms with Crippen LogP contribution in [0.5, 0.6) is 5.75 Å². The largest absolute Gasteiger partial charge is 0.423 e. The summed E-state index contributed by atoms with van der Waals surface area (Å²) in [4.78, 5) is 12.4. The van der Waals surface area contributed by atoms with Crippen molar-refractivity contribution in [1.29, 1.82) is 0 Å². The van der Waals surface area contributed by atoms with Gasteiger partial charge < -0.3 is 4.74 Å². The van der Waals surface area contributed by atoms with Crippen LogP contribution in [0.4, 0.5) is 8.78 Å². The van der Waals surface area contributed by atoms with Gasteiger partial charge in [0, 0.05) is 12.1 Å². The number of ether oxygens (including phenoxy) is 1. The molecule has 1 aliphatic rings. The summed E-state index contributed by atoms with van der Waals surface area (Å²) in [6.45, 7) is 2.31. The highest BCUT2D eigenvalue weighted by molar-refractivity contribution is 6.30. The van der Waals surface area contributed by atoms with Crippen LogP contribution < -0.4 is 4.74 Å². The molecule has 0 aromatic heterocycles.